The molecule has 1 heterocycles. The van der Waals surface area contributed by atoms with Gasteiger partial charge in [-0.05, 0) is 13.0 Å². The van der Waals surface area contributed by atoms with E-state index in [1.54, 1.807) is 13.3 Å². The molecule has 0 saturated carbocycles. The number of hydrogen-bond donors (Lipinski definition) is 1. The van der Waals surface area contributed by atoms with Gasteiger partial charge in [-0.15, -0.1) is 0 Å². The normalized spacial score (nSPS) is 12.5. The summed E-state index contributed by atoms with van der Waals surface area (Å²) in [4.78, 5) is 4.13. The van der Waals surface area contributed by atoms with Gasteiger partial charge in [0.05, 0.1) is 7.11 Å². The van der Waals surface area contributed by atoms with Gasteiger partial charge in [0, 0.05) is 29.7 Å². The quantitative estimate of drug-likeness (QED) is 0.821. The Balaban J connectivity index is 2.57. The third-order valence-corrected chi connectivity index (χ3v) is 2.89. The summed E-state index contributed by atoms with van der Waals surface area (Å²) in [6, 6.07) is 4.37. The maximum absolute atomic E-state index is 5.15. The van der Waals surface area contributed by atoms with Crippen LogP contribution < -0.4 is 10.1 Å². The second kappa shape index (κ2) is 5.98. The topological polar surface area (TPSA) is 34.1 Å². The SMILES string of the molecule is COc1ncccc1CNC(C)CBr. The van der Waals surface area contributed by atoms with Crippen LogP contribution in [0.1, 0.15) is 12.5 Å². The maximum atomic E-state index is 5.15. The number of hydrogen-bond acceptors (Lipinski definition) is 3. The zero-order chi connectivity index (χ0) is 10.4. The lowest BCUT2D eigenvalue weighted by molar-refractivity contribution is 0.389. The summed E-state index contributed by atoms with van der Waals surface area (Å²) in [6.45, 7) is 2.90. The number of alkyl halides is 1. The molecule has 14 heavy (non-hydrogen) atoms. The number of halogens is 1. The minimum Gasteiger partial charge on any atom is -0.481 e. The van der Waals surface area contributed by atoms with Gasteiger partial charge >= 0.3 is 0 Å². The number of aromatic nitrogens is 1. The van der Waals surface area contributed by atoms with E-state index in [9.17, 15) is 0 Å². The molecule has 0 fully saturated rings. The molecule has 0 aliphatic rings. The van der Waals surface area contributed by atoms with Crippen LogP contribution in [0.4, 0.5) is 0 Å². The zero-order valence-corrected chi connectivity index (χ0v) is 10.0. The van der Waals surface area contributed by atoms with Crippen molar-refractivity contribution in [2.75, 3.05) is 12.4 Å². The lowest BCUT2D eigenvalue weighted by Gasteiger charge is -2.11. The van der Waals surface area contributed by atoms with Gasteiger partial charge in [-0.1, -0.05) is 22.0 Å². The molecule has 1 atom stereocenters. The number of nitrogens with one attached hydrogen (secondary N) is 1. The molecule has 0 amide bonds. The fourth-order valence-electron chi connectivity index (χ4n) is 1.08. The van der Waals surface area contributed by atoms with Crippen molar-refractivity contribution in [2.45, 2.75) is 19.5 Å². The highest BCUT2D eigenvalue weighted by Gasteiger charge is 2.04. The standard InChI is InChI=1S/C10H15BrN2O/c1-8(6-11)13-7-9-4-3-5-12-10(9)14-2/h3-5,8,13H,6-7H2,1-2H3. The Morgan fingerprint density at radius 3 is 3.07 bits per heavy atom. The number of rotatable bonds is 5. The molecular weight excluding hydrogens is 244 g/mol. The average molecular weight is 259 g/mol. The molecule has 78 valence electrons. The zero-order valence-electron chi connectivity index (χ0n) is 8.46. The van der Waals surface area contributed by atoms with Crippen molar-refractivity contribution in [1.29, 1.82) is 0 Å². The monoisotopic (exact) mass is 258 g/mol. The molecule has 0 spiro atoms. The van der Waals surface area contributed by atoms with E-state index >= 15 is 0 Å². The summed E-state index contributed by atoms with van der Waals surface area (Å²) in [6.07, 6.45) is 1.73. The van der Waals surface area contributed by atoms with E-state index in [4.69, 9.17) is 4.74 Å². The highest BCUT2D eigenvalue weighted by Crippen LogP contribution is 2.13. The molecule has 1 unspecified atom stereocenters. The van der Waals surface area contributed by atoms with Crippen molar-refractivity contribution >= 4 is 15.9 Å². The molecule has 1 aromatic rings. The Kier molecular flexibility index (Phi) is 4.90. The summed E-state index contributed by atoms with van der Waals surface area (Å²) in [5.74, 6) is 0.696. The van der Waals surface area contributed by atoms with Crippen LogP contribution in [0, 0.1) is 0 Å². The summed E-state index contributed by atoms with van der Waals surface area (Å²) < 4.78 is 5.15. The third kappa shape index (κ3) is 3.27. The first-order valence-corrected chi connectivity index (χ1v) is 5.67. The fourth-order valence-corrected chi connectivity index (χ4v) is 1.31. The van der Waals surface area contributed by atoms with Gasteiger partial charge in [0.1, 0.15) is 0 Å². The molecule has 0 radical (unpaired) electrons. The minimum absolute atomic E-state index is 0.444. The Hall–Kier alpha value is -0.610. The molecule has 0 bridgehead atoms. The van der Waals surface area contributed by atoms with Crippen molar-refractivity contribution in [3.05, 3.63) is 23.9 Å². The van der Waals surface area contributed by atoms with Crippen molar-refractivity contribution in [1.82, 2.24) is 10.3 Å². The molecule has 0 aromatic carbocycles. The number of methoxy groups -OCH3 is 1. The lowest BCUT2D eigenvalue weighted by atomic mass is 10.2. The molecule has 0 aliphatic heterocycles. The number of nitrogens with zero attached hydrogens (tertiary/aromatic N) is 1. The highest BCUT2D eigenvalue weighted by atomic mass is 79.9. The summed E-state index contributed by atoms with van der Waals surface area (Å²) in [5, 5.41) is 4.30. The van der Waals surface area contributed by atoms with Crippen LogP contribution in [0.5, 0.6) is 5.88 Å². The van der Waals surface area contributed by atoms with E-state index in [0.29, 0.717) is 11.9 Å². The molecule has 3 nitrogen and oxygen atoms in total. The fraction of sp³-hybridized carbons (Fsp3) is 0.500. The van der Waals surface area contributed by atoms with Crippen LogP contribution in [-0.2, 0) is 6.54 Å². The first-order chi connectivity index (χ1) is 6.77. The first-order valence-electron chi connectivity index (χ1n) is 4.55. The highest BCUT2D eigenvalue weighted by molar-refractivity contribution is 9.09. The van der Waals surface area contributed by atoms with Crippen molar-refractivity contribution in [3.8, 4) is 5.88 Å². The van der Waals surface area contributed by atoms with Crippen LogP contribution in [-0.4, -0.2) is 23.5 Å². The number of ether oxygens (including phenoxy) is 1. The van der Waals surface area contributed by atoms with Crippen LogP contribution in [0.25, 0.3) is 0 Å². The maximum Gasteiger partial charge on any atom is 0.217 e. The molecule has 0 aliphatic carbocycles. The largest absolute Gasteiger partial charge is 0.481 e. The molecule has 4 heteroatoms. The van der Waals surface area contributed by atoms with E-state index in [1.807, 2.05) is 12.1 Å². The summed E-state index contributed by atoms with van der Waals surface area (Å²) in [5.41, 5.74) is 1.09. The molecule has 1 N–H and O–H groups in total. The van der Waals surface area contributed by atoms with Gasteiger partial charge < -0.3 is 10.1 Å². The Morgan fingerprint density at radius 2 is 2.43 bits per heavy atom. The van der Waals surface area contributed by atoms with E-state index in [1.165, 1.54) is 0 Å². The van der Waals surface area contributed by atoms with Gasteiger partial charge in [-0.25, -0.2) is 4.98 Å². The predicted molar refractivity (Wildman–Crippen MR) is 60.9 cm³/mol. The van der Waals surface area contributed by atoms with Gasteiger partial charge in [-0.2, -0.15) is 0 Å². The van der Waals surface area contributed by atoms with E-state index in [2.05, 4.69) is 33.2 Å². The average Bonchev–Trinajstić information content (AvgIpc) is 2.26. The Labute approximate surface area is 93.0 Å². The molecule has 1 rings (SSSR count). The molecule has 1 aromatic heterocycles. The smallest absolute Gasteiger partial charge is 0.217 e. The van der Waals surface area contributed by atoms with Gasteiger partial charge in [0.25, 0.3) is 0 Å². The Bertz CT molecular complexity index is 281. The number of pyridine rings is 1. The van der Waals surface area contributed by atoms with Crippen molar-refractivity contribution < 1.29 is 4.74 Å². The van der Waals surface area contributed by atoms with E-state index in [0.717, 1.165) is 17.4 Å². The molecule has 0 saturated heterocycles. The summed E-state index contributed by atoms with van der Waals surface area (Å²) >= 11 is 3.41. The minimum atomic E-state index is 0.444. The van der Waals surface area contributed by atoms with Crippen LogP contribution in [0.3, 0.4) is 0 Å². The van der Waals surface area contributed by atoms with Gasteiger partial charge in [-0.3, -0.25) is 0 Å². The Morgan fingerprint density at radius 1 is 1.64 bits per heavy atom. The van der Waals surface area contributed by atoms with Crippen molar-refractivity contribution in [2.24, 2.45) is 0 Å². The third-order valence-electron chi connectivity index (χ3n) is 1.92. The molecular formula is C10H15BrN2O. The van der Waals surface area contributed by atoms with E-state index in [-0.39, 0.29) is 0 Å². The second-order valence-electron chi connectivity index (χ2n) is 3.11. The lowest BCUT2D eigenvalue weighted by Crippen LogP contribution is -2.26. The van der Waals surface area contributed by atoms with Crippen LogP contribution in [0.15, 0.2) is 18.3 Å². The summed E-state index contributed by atoms with van der Waals surface area (Å²) in [7, 11) is 1.64. The van der Waals surface area contributed by atoms with Crippen LogP contribution in [0.2, 0.25) is 0 Å². The van der Waals surface area contributed by atoms with E-state index < -0.39 is 0 Å². The van der Waals surface area contributed by atoms with Gasteiger partial charge in [0.15, 0.2) is 0 Å². The van der Waals surface area contributed by atoms with Gasteiger partial charge in [0.2, 0.25) is 5.88 Å². The van der Waals surface area contributed by atoms with Crippen LogP contribution >= 0.6 is 15.9 Å². The van der Waals surface area contributed by atoms with Crippen molar-refractivity contribution in [3.63, 3.8) is 0 Å². The predicted octanol–water partition coefficient (Wildman–Crippen LogP) is 1.96. The first kappa shape index (κ1) is 11.5. The second-order valence-corrected chi connectivity index (χ2v) is 3.76.